The summed E-state index contributed by atoms with van der Waals surface area (Å²) >= 11 is 0. The van der Waals surface area contributed by atoms with Gasteiger partial charge in [-0.2, -0.15) is 0 Å². The molecule has 0 aromatic heterocycles. The topological polar surface area (TPSA) is 40.6 Å². The Morgan fingerprint density at radius 3 is 1.30 bits per heavy atom. The van der Waals surface area contributed by atoms with Crippen LogP contribution in [0.25, 0.3) is 0 Å². The Labute approximate surface area is 169 Å². The first-order valence-electron chi connectivity index (χ1n) is 11.3. The van der Waals surface area contributed by atoms with Crippen LogP contribution in [-0.4, -0.2) is 46.3 Å². The molecule has 0 radical (unpaired) electrons. The van der Waals surface area contributed by atoms with E-state index in [1.54, 1.807) is 0 Å². The van der Waals surface area contributed by atoms with E-state index in [9.17, 15) is 9.59 Å². The highest BCUT2D eigenvalue weighted by atomic mass is 16.2. The number of unbranched alkanes of at least 4 members (excludes halogenated alkanes) is 7. The molecule has 0 N–H and O–H groups in total. The van der Waals surface area contributed by atoms with Gasteiger partial charge in [0.15, 0.2) is 0 Å². The number of hydrogen-bond acceptors (Lipinski definition) is 2. The predicted molar refractivity (Wildman–Crippen MR) is 116 cm³/mol. The summed E-state index contributed by atoms with van der Waals surface area (Å²) in [6.07, 6.45) is 10.6. The highest BCUT2D eigenvalue weighted by Gasteiger charge is 2.19. The average Bonchev–Trinajstić information content (AvgIpc) is 2.56. The van der Waals surface area contributed by atoms with Gasteiger partial charge in [-0.1, -0.05) is 38.5 Å². The normalized spacial score (nSPS) is 11.5. The summed E-state index contributed by atoms with van der Waals surface area (Å²) < 4.78 is 0. The maximum absolute atomic E-state index is 12.3. The summed E-state index contributed by atoms with van der Waals surface area (Å²) in [5, 5.41) is 0. The Balaban J connectivity index is 3.66. The predicted octanol–water partition coefficient (Wildman–Crippen LogP) is 5.79. The lowest BCUT2D eigenvalue weighted by Crippen LogP contribution is -2.41. The Bertz CT molecular complexity index is 397. The van der Waals surface area contributed by atoms with Crippen molar-refractivity contribution in [1.82, 2.24) is 9.80 Å². The zero-order valence-corrected chi connectivity index (χ0v) is 19.2. The average molecular weight is 383 g/mol. The van der Waals surface area contributed by atoms with E-state index in [-0.39, 0.29) is 12.1 Å². The van der Waals surface area contributed by atoms with Gasteiger partial charge in [0, 0.05) is 37.5 Å². The van der Waals surface area contributed by atoms with Crippen molar-refractivity contribution in [3.05, 3.63) is 0 Å². The molecule has 0 atom stereocenters. The van der Waals surface area contributed by atoms with Gasteiger partial charge in [0.05, 0.1) is 0 Å². The summed E-state index contributed by atoms with van der Waals surface area (Å²) in [7, 11) is 0. The summed E-state index contributed by atoms with van der Waals surface area (Å²) in [5.41, 5.74) is 0. The highest BCUT2D eigenvalue weighted by molar-refractivity contribution is 5.77. The minimum Gasteiger partial charge on any atom is -0.341 e. The monoisotopic (exact) mass is 382 g/mol. The molecule has 0 saturated heterocycles. The third-order valence-electron chi connectivity index (χ3n) is 5.22. The van der Waals surface area contributed by atoms with Crippen molar-refractivity contribution >= 4 is 11.8 Å². The van der Waals surface area contributed by atoms with Gasteiger partial charge >= 0.3 is 0 Å². The summed E-state index contributed by atoms with van der Waals surface area (Å²) in [5.74, 6) is 0.598. The molecule has 0 rings (SSSR count). The van der Waals surface area contributed by atoms with Gasteiger partial charge in [-0.25, -0.2) is 0 Å². The molecule has 0 fully saturated rings. The van der Waals surface area contributed by atoms with Crippen LogP contribution in [0, 0.1) is 0 Å². The number of carbonyl (C=O) groups excluding carboxylic acids is 2. The van der Waals surface area contributed by atoms with Crippen molar-refractivity contribution in [2.75, 3.05) is 6.54 Å². The first-order chi connectivity index (χ1) is 12.7. The molecule has 0 spiro atoms. The van der Waals surface area contributed by atoms with Crippen molar-refractivity contribution < 1.29 is 9.59 Å². The van der Waals surface area contributed by atoms with Crippen LogP contribution < -0.4 is 0 Å². The molecule has 27 heavy (non-hydrogen) atoms. The van der Waals surface area contributed by atoms with Gasteiger partial charge in [-0.3, -0.25) is 9.59 Å². The Morgan fingerprint density at radius 2 is 0.963 bits per heavy atom. The minimum absolute atomic E-state index is 0.286. The van der Waals surface area contributed by atoms with Crippen LogP contribution >= 0.6 is 0 Å². The highest BCUT2D eigenvalue weighted by Crippen LogP contribution is 2.14. The molecule has 0 bridgehead atoms. The number of carbonyl (C=O) groups is 2. The van der Waals surface area contributed by atoms with Crippen LogP contribution in [0.15, 0.2) is 0 Å². The second-order valence-corrected chi connectivity index (χ2v) is 8.59. The molecule has 0 heterocycles. The lowest BCUT2D eigenvalue weighted by atomic mass is 10.1. The van der Waals surface area contributed by atoms with Crippen molar-refractivity contribution in [2.24, 2.45) is 0 Å². The summed E-state index contributed by atoms with van der Waals surface area (Å²) in [6, 6.07) is 0.881. The maximum Gasteiger partial charge on any atom is 0.223 e. The Morgan fingerprint density at radius 1 is 0.593 bits per heavy atom. The number of amides is 2. The maximum atomic E-state index is 12.3. The van der Waals surface area contributed by atoms with Gasteiger partial charge in [-0.15, -0.1) is 0 Å². The molecule has 0 aliphatic carbocycles. The van der Waals surface area contributed by atoms with Crippen molar-refractivity contribution in [3.63, 3.8) is 0 Å². The fourth-order valence-electron chi connectivity index (χ4n) is 3.89. The van der Waals surface area contributed by atoms with Crippen LogP contribution in [0.2, 0.25) is 0 Å². The van der Waals surface area contributed by atoms with Crippen LogP contribution in [0.1, 0.15) is 113 Å². The second kappa shape index (κ2) is 14.9. The van der Waals surface area contributed by atoms with Gasteiger partial charge < -0.3 is 9.80 Å². The van der Waals surface area contributed by atoms with E-state index < -0.39 is 0 Å². The fraction of sp³-hybridized carbons (Fsp3) is 0.913. The third kappa shape index (κ3) is 11.4. The largest absolute Gasteiger partial charge is 0.341 e. The lowest BCUT2D eigenvalue weighted by molar-refractivity contribution is -0.135. The molecular formula is C23H46N2O2. The van der Waals surface area contributed by atoms with Gasteiger partial charge in [-0.05, 0) is 61.3 Å². The molecule has 4 heteroatoms. The molecule has 4 nitrogen and oxygen atoms in total. The third-order valence-corrected chi connectivity index (χ3v) is 5.22. The number of nitrogens with zero attached hydrogens (tertiary/aromatic N) is 2. The molecule has 0 aromatic rings. The fourth-order valence-corrected chi connectivity index (χ4v) is 3.89. The lowest BCUT2D eigenvalue weighted by Gasteiger charge is -2.30. The van der Waals surface area contributed by atoms with E-state index in [1.165, 1.54) is 25.7 Å². The van der Waals surface area contributed by atoms with Crippen LogP contribution in [0.5, 0.6) is 0 Å². The molecular weight excluding hydrogens is 336 g/mol. The number of hydrogen-bond donors (Lipinski definition) is 0. The summed E-state index contributed by atoms with van der Waals surface area (Å²) in [6.45, 7) is 15.4. The smallest absolute Gasteiger partial charge is 0.223 e. The van der Waals surface area contributed by atoms with Crippen molar-refractivity contribution in [3.8, 4) is 0 Å². The second-order valence-electron chi connectivity index (χ2n) is 8.59. The Hall–Kier alpha value is -1.06. The number of rotatable bonds is 15. The standard InChI is InChI=1S/C23H46N2O2/c1-8-24(19(2)3)22(26)17-15-13-11-9-10-12-14-16-18-23(27)25(20(4)5)21(6)7/h19-21H,8-18H2,1-7H3. The molecule has 0 unspecified atom stereocenters. The molecule has 160 valence electrons. The molecule has 0 aromatic carbocycles. The molecule has 0 aliphatic rings. The van der Waals surface area contributed by atoms with Crippen LogP contribution in [0.4, 0.5) is 0 Å². The molecule has 2 amide bonds. The van der Waals surface area contributed by atoms with E-state index in [1.807, 2.05) is 9.80 Å². The van der Waals surface area contributed by atoms with Gasteiger partial charge in [0.2, 0.25) is 11.8 Å². The van der Waals surface area contributed by atoms with E-state index in [4.69, 9.17) is 0 Å². The quantitative estimate of drug-likeness (QED) is 0.336. The zero-order valence-electron chi connectivity index (χ0n) is 19.2. The SMILES string of the molecule is CCN(C(=O)CCCCCCCCCCC(=O)N(C(C)C)C(C)C)C(C)C. The zero-order chi connectivity index (χ0) is 20.8. The first kappa shape index (κ1) is 25.9. The van der Waals surface area contributed by atoms with E-state index in [0.29, 0.717) is 30.7 Å². The van der Waals surface area contributed by atoms with Crippen molar-refractivity contribution in [2.45, 2.75) is 131 Å². The van der Waals surface area contributed by atoms with E-state index in [2.05, 4.69) is 48.5 Å². The molecule has 0 saturated carbocycles. The van der Waals surface area contributed by atoms with Crippen LogP contribution in [0.3, 0.4) is 0 Å². The van der Waals surface area contributed by atoms with Gasteiger partial charge in [0.25, 0.3) is 0 Å². The van der Waals surface area contributed by atoms with Gasteiger partial charge in [0.1, 0.15) is 0 Å². The van der Waals surface area contributed by atoms with Crippen LogP contribution in [-0.2, 0) is 9.59 Å². The van der Waals surface area contributed by atoms with E-state index >= 15 is 0 Å². The van der Waals surface area contributed by atoms with Crippen molar-refractivity contribution in [1.29, 1.82) is 0 Å². The Kier molecular flexibility index (Phi) is 14.3. The first-order valence-corrected chi connectivity index (χ1v) is 11.3. The van der Waals surface area contributed by atoms with E-state index in [0.717, 1.165) is 32.2 Å². The summed E-state index contributed by atoms with van der Waals surface area (Å²) in [4.78, 5) is 28.4. The minimum atomic E-state index is 0.286. The molecule has 0 aliphatic heterocycles.